The van der Waals surface area contributed by atoms with Gasteiger partial charge in [-0.1, -0.05) is 24.3 Å². The number of nitrogens with zero attached hydrogens (tertiary/aromatic N) is 2. The van der Waals surface area contributed by atoms with Crippen LogP contribution in [0.1, 0.15) is 10.4 Å². The Hall–Kier alpha value is -3.81. The Morgan fingerprint density at radius 1 is 1.00 bits per heavy atom. The minimum Gasteiger partial charge on any atom is -0.406 e. The zero-order chi connectivity index (χ0) is 20.4. The van der Waals surface area contributed by atoms with Gasteiger partial charge in [-0.3, -0.25) is 4.79 Å². The average Bonchev–Trinajstić information content (AvgIpc) is 3.11. The van der Waals surface area contributed by atoms with Gasteiger partial charge in [-0.05, 0) is 42.5 Å². The van der Waals surface area contributed by atoms with Gasteiger partial charge < -0.3 is 14.5 Å². The predicted octanol–water partition coefficient (Wildman–Crippen LogP) is 5.15. The number of carbonyl (C=O) groups excluding carboxylic acids is 1. The van der Waals surface area contributed by atoms with E-state index in [0.29, 0.717) is 5.69 Å². The topological polar surface area (TPSA) is 55.6 Å². The maximum absolute atomic E-state index is 12.5. The molecule has 2 aromatic heterocycles. The summed E-state index contributed by atoms with van der Waals surface area (Å²) in [7, 11) is 0. The molecule has 0 fully saturated rings. The number of alkyl halides is 3. The van der Waals surface area contributed by atoms with Gasteiger partial charge in [0.05, 0.1) is 5.69 Å². The van der Waals surface area contributed by atoms with Crippen molar-refractivity contribution in [3.05, 3.63) is 84.7 Å². The Morgan fingerprint density at radius 2 is 1.83 bits per heavy atom. The molecule has 4 aromatic rings. The summed E-state index contributed by atoms with van der Waals surface area (Å²) in [5.41, 5.74) is 2.85. The molecular formula is C21H14F3N3O2. The SMILES string of the molecule is O=C(Nc1cccc(-c2cn3ccccc3n2)c1)c1cccc(OC(F)(F)F)c1. The third-order valence-corrected chi connectivity index (χ3v) is 4.11. The molecule has 4 rings (SSSR count). The van der Waals surface area contributed by atoms with E-state index in [1.807, 2.05) is 41.1 Å². The van der Waals surface area contributed by atoms with Crippen LogP contribution in [0.25, 0.3) is 16.9 Å². The molecule has 0 saturated heterocycles. The fraction of sp³-hybridized carbons (Fsp3) is 0.0476. The number of nitrogens with one attached hydrogen (secondary N) is 1. The maximum atomic E-state index is 12.5. The van der Waals surface area contributed by atoms with E-state index in [1.54, 1.807) is 18.2 Å². The number of anilines is 1. The summed E-state index contributed by atoms with van der Waals surface area (Å²) in [4.78, 5) is 17.0. The summed E-state index contributed by atoms with van der Waals surface area (Å²) < 4.78 is 42.9. The number of carbonyl (C=O) groups is 1. The van der Waals surface area contributed by atoms with E-state index >= 15 is 0 Å². The van der Waals surface area contributed by atoms with E-state index in [1.165, 1.54) is 12.1 Å². The first-order chi connectivity index (χ1) is 13.9. The lowest BCUT2D eigenvalue weighted by atomic mass is 10.1. The summed E-state index contributed by atoms with van der Waals surface area (Å²) >= 11 is 0. The third-order valence-electron chi connectivity index (χ3n) is 4.11. The molecule has 0 aliphatic heterocycles. The molecule has 0 saturated carbocycles. The number of pyridine rings is 1. The minimum atomic E-state index is -4.82. The predicted molar refractivity (Wildman–Crippen MR) is 102 cm³/mol. The van der Waals surface area contributed by atoms with Gasteiger partial charge in [0.1, 0.15) is 11.4 Å². The van der Waals surface area contributed by atoms with Crippen LogP contribution >= 0.6 is 0 Å². The second-order valence-electron chi connectivity index (χ2n) is 6.20. The van der Waals surface area contributed by atoms with Gasteiger partial charge in [0, 0.05) is 29.2 Å². The molecule has 2 aromatic carbocycles. The van der Waals surface area contributed by atoms with Gasteiger partial charge in [-0.2, -0.15) is 0 Å². The summed E-state index contributed by atoms with van der Waals surface area (Å²) in [5.74, 6) is -1.01. The molecule has 0 atom stereocenters. The van der Waals surface area contributed by atoms with Gasteiger partial charge in [0.15, 0.2) is 0 Å². The zero-order valence-electron chi connectivity index (χ0n) is 14.9. The van der Waals surface area contributed by atoms with Crippen LogP contribution in [0.5, 0.6) is 5.75 Å². The number of halogens is 3. The number of fused-ring (bicyclic) bond motifs is 1. The molecule has 0 unspecified atom stereocenters. The second kappa shape index (κ2) is 7.31. The van der Waals surface area contributed by atoms with Crippen molar-refractivity contribution < 1.29 is 22.7 Å². The van der Waals surface area contributed by atoms with Crippen molar-refractivity contribution in [2.24, 2.45) is 0 Å². The maximum Gasteiger partial charge on any atom is 0.573 e. The number of amides is 1. The average molecular weight is 397 g/mol. The van der Waals surface area contributed by atoms with Crippen molar-refractivity contribution >= 4 is 17.2 Å². The largest absolute Gasteiger partial charge is 0.573 e. The Balaban J connectivity index is 1.55. The fourth-order valence-electron chi connectivity index (χ4n) is 2.87. The minimum absolute atomic E-state index is 0.0462. The summed E-state index contributed by atoms with van der Waals surface area (Å²) in [6.45, 7) is 0. The van der Waals surface area contributed by atoms with Crippen LogP contribution in [0.4, 0.5) is 18.9 Å². The highest BCUT2D eigenvalue weighted by Gasteiger charge is 2.31. The number of imidazole rings is 1. The fourth-order valence-corrected chi connectivity index (χ4v) is 2.87. The van der Waals surface area contributed by atoms with E-state index in [2.05, 4.69) is 15.0 Å². The number of hydrogen-bond acceptors (Lipinski definition) is 3. The molecule has 146 valence electrons. The summed E-state index contributed by atoms with van der Waals surface area (Å²) in [5, 5.41) is 2.68. The van der Waals surface area contributed by atoms with Crippen molar-refractivity contribution in [3.8, 4) is 17.0 Å². The zero-order valence-corrected chi connectivity index (χ0v) is 14.9. The van der Waals surface area contributed by atoms with Crippen LogP contribution in [-0.2, 0) is 0 Å². The lowest BCUT2D eigenvalue weighted by Gasteiger charge is -2.10. The Morgan fingerprint density at radius 3 is 2.62 bits per heavy atom. The van der Waals surface area contributed by atoms with E-state index in [0.717, 1.165) is 29.0 Å². The van der Waals surface area contributed by atoms with E-state index in [4.69, 9.17) is 0 Å². The van der Waals surface area contributed by atoms with E-state index in [-0.39, 0.29) is 5.56 Å². The molecule has 0 bridgehead atoms. The van der Waals surface area contributed by atoms with Gasteiger partial charge in [0.25, 0.3) is 5.91 Å². The van der Waals surface area contributed by atoms with Crippen molar-refractivity contribution in [1.82, 2.24) is 9.38 Å². The lowest BCUT2D eigenvalue weighted by molar-refractivity contribution is -0.274. The van der Waals surface area contributed by atoms with Crippen molar-refractivity contribution in [2.75, 3.05) is 5.32 Å². The van der Waals surface area contributed by atoms with E-state index in [9.17, 15) is 18.0 Å². The number of ether oxygens (including phenoxy) is 1. The molecule has 2 heterocycles. The Labute approximate surface area is 163 Å². The quantitative estimate of drug-likeness (QED) is 0.518. The lowest BCUT2D eigenvalue weighted by Crippen LogP contribution is -2.18. The number of benzene rings is 2. The Bertz CT molecular complexity index is 1150. The van der Waals surface area contributed by atoms with Crippen LogP contribution in [0.3, 0.4) is 0 Å². The molecule has 1 N–H and O–H groups in total. The summed E-state index contributed by atoms with van der Waals surface area (Å²) in [6, 6.07) is 17.6. The highest BCUT2D eigenvalue weighted by molar-refractivity contribution is 6.04. The van der Waals surface area contributed by atoms with Crippen LogP contribution in [0, 0.1) is 0 Å². The number of rotatable bonds is 4. The molecular weight excluding hydrogens is 383 g/mol. The Kier molecular flexibility index (Phi) is 4.67. The number of hydrogen-bond donors (Lipinski definition) is 1. The summed E-state index contributed by atoms with van der Waals surface area (Å²) in [6.07, 6.45) is -1.07. The normalized spacial score (nSPS) is 11.4. The van der Waals surface area contributed by atoms with Crippen LogP contribution < -0.4 is 10.1 Å². The molecule has 5 nitrogen and oxygen atoms in total. The van der Waals surface area contributed by atoms with Gasteiger partial charge >= 0.3 is 6.36 Å². The smallest absolute Gasteiger partial charge is 0.406 e. The monoisotopic (exact) mass is 397 g/mol. The first-order valence-corrected chi connectivity index (χ1v) is 8.59. The standard InChI is InChI=1S/C21H14F3N3O2/c22-21(23,24)29-17-8-4-6-15(12-17)20(28)25-16-7-3-5-14(11-16)18-13-27-10-2-1-9-19(27)26-18/h1-13H,(H,25,28). The van der Waals surface area contributed by atoms with Crippen molar-refractivity contribution in [1.29, 1.82) is 0 Å². The van der Waals surface area contributed by atoms with Gasteiger partial charge in [0.2, 0.25) is 0 Å². The van der Waals surface area contributed by atoms with Crippen LogP contribution in [-0.4, -0.2) is 21.7 Å². The van der Waals surface area contributed by atoms with Crippen molar-refractivity contribution in [3.63, 3.8) is 0 Å². The first kappa shape index (κ1) is 18.5. The third kappa shape index (κ3) is 4.37. The molecule has 0 radical (unpaired) electrons. The van der Waals surface area contributed by atoms with Crippen LogP contribution in [0.2, 0.25) is 0 Å². The molecule has 29 heavy (non-hydrogen) atoms. The highest BCUT2D eigenvalue weighted by atomic mass is 19.4. The van der Waals surface area contributed by atoms with Crippen molar-refractivity contribution in [2.45, 2.75) is 6.36 Å². The van der Waals surface area contributed by atoms with Gasteiger partial charge in [-0.25, -0.2) is 4.98 Å². The highest BCUT2D eigenvalue weighted by Crippen LogP contribution is 2.25. The molecule has 1 amide bonds. The number of aromatic nitrogens is 2. The molecule has 8 heteroatoms. The molecule has 0 spiro atoms. The van der Waals surface area contributed by atoms with E-state index < -0.39 is 18.0 Å². The molecule has 0 aliphatic rings. The second-order valence-corrected chi connectivity index (χ2v) is 6.20. The molecule has 0 aliphatic carbocycles. The van der Waals surface area contributed by atoms with Gasteiger partial charge in [-0.15, -0.1) is 13.2 Å². The first-order valence-electron chi connectivity index (χ1n) is 8.59. The van der Waals surface area contributed by atoms with Crippen LogP contribution in [0.15, 0.2) is 79.1 Å².